The molecule has 4 aromatic carbocycles. The lowest BCUT2D eigenvalue weighted by Crippen LogP contribution is -2.18. The summed E-state index contributed by atoms with van der Waals surface area (Å²) in [4.78, 5) is 47.9. The molecule has 0 radical (unpaired) electrons. The molecule has 0 spiro atoms. The second-order valence-corrected chi connectivity index (χ2v) is 9.15. The summed E-state index contributed by atoms with van der Waals surface area (Å²) in [5.74, 6) is -1.89. The number of hydrogen-bond donors (Lipinski definition) is 2. The van der Waals surface area contributed by atoms with E-state index in [4.69, 9.17) is 9.47 Å². The number of anilines is 1. The minimum Gasteiger partial charge on any atom is -0.490 e. The Morgan fingerprint density at radius 1 is 0.867 bits per heavy atom. The van der Waals surface area contributed by atoms with E-state index in [0.717, 1.165) is 18.2 Å². The molecule has 4 aromatic rings. The number of carbonyl (C=O) groups is 3. The van der Waals surface area contributed by atoms with E-state index < -0.39 is 34.4 Å². The van der Waals surface area contributed by atoms with Crippen LogP contribution in [0, 0.1) is 10.1 Å². The van der Waals surface area contributed by atoms with Crippen molar-refractivity contribution >= 4 is 35.4 Å². The number of hydrazone groups is 1. The zero-order valence-electron chi connectivity index (χ0n) is 23.3. The van der Waals surface area contributed by atoms with Crippen LogP contribution in [0.5, 0.6) is 11.5 Å². The number of ether oxygens (including phenoxy) is 2. The van der Waals surface area contributed by atoms with Crippen LogP contribution in [0.4, 0.5) is 24.5 Å². The first-order chi connectivity index (χ1) is 21.4. The van der Waals surface area contributed by atoms with E-state index in [1.165, 1.54) is 72.9 Å². The lowest BCUT2D eigenvalue weighted by Gasteiger charge is -2.11. The summed E-state index contributed by atoms with van der Waals surface area (Å²) >= 11 is 0. The maximum Gasteiger partial charge on any atom is 0.416 e. The molecule has 2 N–H and O–H groups in total. The van der Waals surface area contributed by atoms with Crippen LogP contribution in [0.15, 0.2) is 96.1 Å². The van der Waals surface area contributed by atoms with Crippen molar-refractivity contribution in [3.05, 3.63) is 129 Å². The van der Waals surface area contributed by atoms with Crippen molar-refractivity contribution < 1.29 is 42.0 Å². The van der Waals surface area contributed by atoms with Gasteiger partial charge in [0.25, 0.3) is 17.5 Å². The van der Waals surface area contributed by atoms with Gasteiger partial charge < -0.3 is 14.8 Å². The first-order valence-electron chi connectivity index (χ1n) is 13.1. The number of amides is 2. The number of hydrogen-bond acceptors (Lipinski definition) is 8. The number of nitrogens with zero attached hydrogens (tertiary/aromatic N) is 2. The van der Waals surface area contributed by atoms with E-state index in [0.29, 0.717) is 5.56 Å². The van der Waals surface area contributed by atoms with Crippen molar-refractivity contribution in [2.45, 2.75) is 13.1 Å². The van der Waals surface area contributed by atoms with E-state index in [1.54, 1.807) is 13.0 Å². The number of nitro benzene ring substituents is 1. The molecular formula is C31H23F3N4O7. The molecule has 0 bridgehead atoms. The topological polar surface area (TPSA) is 149 Å². The smallest absolute Gasteiger partial charge is 0.416 e. The normalized spacial score (nSPS) is 11.1. The number of carbonyl (C=O) groups excluding carboxylic acids is 3. The highest BCUT2D eigenvalue weighted by molar-refractivity contribution is 6.05. The van der Waals surface area contributed by atoms with Crippen LogP contribution in [0.25, 0.3) is 0 Å². The number of alkyl halides is 3. The fourth-order valence-electron chi connectivity index (χ4n) is 3.84. The maximum atomic E-state index is 13.0. The summed E-state index contributed by atoms with van der Waals surface area (Å²) < 4.78 is 49.9. The molecule has 2 amide bonds. The SMILES string of the molecule is CCOc1cc(C=NNC(=O)c2cccc(NC(=O)c3cccc(C(F)(F)F)c3)c2)ccc1OC(=O)c1ccc([N+](=O)[O-])cc1. The Kier molecular flexibility index (Phi) is 9.88. The van der Waals surface area contributed by atoms with Crippen LogP contribution in [-0.4, -0.2) is 35.5 Å². The summed E-state index contributed by atoms with van der Waals surface area (Å²) in [6.45, 7) is 1.96. The first-order valence-corrected chi connectivity index (χ1v) is 13.1. The molecule has 0 aliphatic heterocycles. The van der Waals surface area contributed by atoms with Crippen LogP contribution in [0.3, 0.4) is 0 Å². The average Bonchev–Trinajstić information content (AvgIpc) is 3.02. The highest BCUT2D eigenvalue weighted by Gasteiger charge is 2.31. The Bertz CT molecular complexity index is 1770. The van der Waals surface area contributed by atoms with E-state index in [2.05, 4.69) is 15.8 Å². The van der Waals surface area contributed by atoms with Gasteiger partial charge in [-0.3, -0.25) is 19.7 Å². The molecule has 0 aromatic heterocycles. The lowest BCUT2D eigenvalue weighted by molar-refractivity contribution is -0.384. The molecule has 0 saturated heterocycles. The standard InChI is InChI=1S/C31H23F3N4O7/c1-2-44-27-15-19(9-14-26(27)45-30(41)20-10-12-25(13-11-20)38(42)43)18-35-37-29(40)22-6-4-8-24(17-22)36-28(39)21-5-3-7-23(16-21)31(32,33)34/h3-18H,2H2,1H3,(H,36,39)(H,37,40). The Morgan fingerprint density at radius 2 is 1.56 bits per heavy atom. The molecule has 11 nitrogen and oxygen atoms in total. The van der Waals surface area contributed by atoms with Gasteiger partial charge in [0.05, 0.1) is 28.9 Å². The van der Waals surface area contributed by atoms with E-state index in [-0.39, 0.29) is 46.2 Å². The Labute approximate surface area is 253 Å². The fraction of sp³-hybridized carbons (Fsp3) is 0.0968. The van der Waals surface area contributed by atoms with Gasteiger partial charge in [0, 0.05) is 28.9 Å². The van der Waals surface area contributed by atoms with Crippen molar-refractivity contribution in [2.75, 3.05) is 11.9 Å². The van der Waals surface area contributed by atoms with Crippen LogP contribution in [-0.2, 0) is 6.18 Å². The number of benzene rings is 4. The Balaban J connectivity index is 1.39. The molecule has 4 rings (SSSR count). The number of esters is 1. The van der Waals surface area contributed by atoms with Gasteiger partial charge >= 0.3 is 12.1 Å². The summed E-state index contributed by atoms with van der Waals surface area (Å²) in [6.07, 6.45) is -3.30. The third-order valence-electron chi connectivity index (χ3n) is 6.00. The van der Waals surface area contributed by atoms with Crippen molar-refractivity contribution in [3.63, 3.8) is 0 Å². The minimum atomic E-state index is -4.61. The van der Waals surface area contributed by atoms with Crippen molar-refractivity contribution in [1.29, 1.82) is 0 Å². The van der Waals surface area contributed by atoms with E-state index >= 15 is 0 Å². The van der Waals surface area contributed by atoms with Gasteiger partial charge in [-0.15, -0.1) is 0 Å². The van der Waals surface area contributed by atoms with E-state index in [1.807, 2.05) is 0 Å². The summed E-state index contributed by atoms with van der Waals surface area (Å²) in [7, 11) is 0. The number of halogens is 3. The predicted molar refractivity (Wildman–Crippen MR) is 157 cm³/mol. The summed E-state index contributed by atoms with van der Waals surface area (Å²) in [5.41, 5.74) is 1.83. The van der Waals surface area contributed by atoms with Crippen molar-refractivity contribution in [1.82, 2.24) is 5.43 Å². The lowest BCUT2D eigenvalue weighted by atomic mass is 10.1. The average molecular weight is 621 g/mol. The first kappa shape index (κ1) is 31.9. The van der Waals surface area contributed by atoms with E-state index in [9.17, 15) is 37.7 Å². The molecule has 45 heavy (non-hydrogen) atoms. The molecule has 0 aliphatic carbocycles. The van der Waals surface area contributed by atoms with Gasteiger partial charge in [-0.2, -0.15) is 18.3 Å². The molecule has 0 heterocycles. The molecular weight excluding hydrogens is 597 g/mol. The fourth-order valence-corrected chi connectivity index (χ4v) is 3.84. The second kappa shape index (κ2) is 13.9. The number of rotatable bonds is 10. The maximum absolute atomic E-state index is 13.0. The zero-order valence-corrected chi connectivity index (χ0v) is 23.3. The quantitative estimate of drug-likeness (QED) is 0.0700. The predicted octanol–water partition coefficient (Wildman–Crippen LogP) is 6.25. The molecule has 14 heteroatoms. The molecule has 0 aliphatic rings. The van der Waals surface area contributed by atoms with Gasteiger partial charge in [0.1, 0.15) is 0 Å². The molecule has 0 fully saturated rings. The van der Waals surface area contributed by atoms with Crippen LogP contribution in [0.2, 0.25) is 0 Å². The van der Waals surface area contributed by atoms with Crippen LogP contribution < -0.4 is 20.2 Å². The minimum absolute atomic E-state index is 0.0883. The number of nitrogens with one attached hydrogen (secondary N) is 2. The summed E-state index contributed by atoms with van der Waals surface area (Å²) in [6, 6.07) is 19.1. The van der Waals surface area contributed by atoms with Crippen molar-refractivity contribution in [2.24, 2.45) is 5.10 Å². The van der Waals surface area contributed by atoms with Crippen molar-refractivity contribution in [3.8, 4) is 11.5 Å². The third kappa shape index (κ3) is 8.50. The third-order valence-corrected chi connectivity index (χ3v) is 6.00. The van der Waals surface area contributed by atoms with Crippen LogP contribution in [0.1, 0.15) is 49.1 Å². The highest BCUT2D eigenvalue weighted by Crippen LogP contribution is 2.30. The molecule has 0 saturated carbocycles. The molecule has 0 unspecified atom stereocenters. The van der Waals surface area contributed by atoms with Gasteiger partial charge in [0.2, 0.25) is 0 Å². The Hall–Kier alpha value is -6.05. The largest absolute Gasteiger partial charge is 0.490 e. The van der Waals surface area contributed by atoms with Crippen LogP contribution >= 0.6 is 0 Å². The highest BCUT2D eigenvalue weighted by atomic mass is 19.4. The number of nitro groups is 1. The second-order valence-electron chi connectivity index (χ2n) is 9.15. The van der Waals surface area contributed by atoms with Gasteiger partial charge in [-0.25, -0.2) is 10.2 Å². The Morgan fingerprint density at radius 3 is 2.22 bits per heavy atom. The monoisotopic (exact) mass is 620 g/mol. The number of non-ortho nitro benzene ring substituents is 1. The zero-order chi connectivity index (χ0) is 32.6. The molecule has 0 atom stereocenters. The molecule has 230 valence electrons. The van der Waals surface area contributed by atoms with Gasteiger partial charge in [0.15, 0.2) is 11.5 Å². The van der Waals surface area contributed by atoms with Gasteiger partial charge in [-0.05, 0) is 79.2 Å². The summed E-state index contributed by atoms with van der Waals surface area (Å²) in [5, 5.41) is 17.2. The van der Waals surface area contributed by atoms with Gasteiger partial charge in [-0.1, -0.05) is 12.1 Å².